The van der Waals surface area contributed by atoms with E-state index in [1.807, 2.05) is 6.92 Å². The number of nitrogens with one attached hydrogen (secondary N) is 2. The normalized spacial score (nSPS) is 9.94. The average molecular weight is 235 g/mol. The molecule has 5 heteroatoms. The summed E-state index contributed by atoms with van der Waals surface area (Å²) in [5.74, 6) is -0.650. The van der Waals surface area contributed by atoms with Gasteiger partial charge in [-0.1, -0.05) is 6.92 Å². The van der Waals surface area contributed by atoms with Crippen LogP contribution in [0.3, 0.4) is 0 Å². The molecule has 0 aliphatic carbocycles. The Balaban J connectivity index is 2.49. The molecule has 0 aliphatic rings. The minimum Gasteiger partial charge on any atom is -0.366 e. The molecule has 0 unspecified atom stereocenters. The highest BCUT2D eigenvalue weighted by Crippen LogP contribution is 2.03. The number of likely N-dealkylation sites (N-methyl/N-ethyl adjacent to an activating group) is 1. The number of amides is 2. The third-order valence-corrected chi connectivity index (χ3v) is 2.27. The molecule has 0 heterocycles. The van der Waals surface area contributed by atoms with Gasteiger partial charge in [-0.2, -0.15) is 0 Å². The Hall–Kier alpha value is -1.88. The molecule has 0 atom stereocenters. The van der Waals surface area contributed by atoms with Crippen LogP contribution >= 0.6 is 0 Å². The van der Waals surface area contributed by atoms with Crippen molar-refractivity contribution in [3.8, 4) is 0 Å². The minimum absolute atomic E-state index is 0.154. The summed E-state index contributed by atoms with van der Waals surface area (Å²) in [5, 5.41) is 5.87. The zero-order chi connectivity index (χ0) is 12.7. The van der Waals surface area contributed by atoms with Gasteiger partial charge in [0.05, 0.1) is 0 Å². The summed E-state index contributed by atoms with van der Waals surface area (Å²) in [6.07, 6.45) is 0. The lowest BCUT2D eigenvalue weighted by atomic mass is 10.1. The van der Waals surface area contributed by atoms with Crippen molar-refractivity contribution in [3.05, 3.63) is 35.4 Å². The number of rotatable bonds is 6. The van der Waals surface area contributed by atoms with Gasteiger partial charge in [-0.3, -0.25) is 9.59 Å². The third kappa shape index (κ3) is 4.24. The first-order chi connectivity index (χ1) is 8.15. The maximum atomic E-state index is 11.6. The standard InChI is InChI=1S/C12H17N3O2/c1-2-14-7-8-15-12(17)10-5-3-9(4-6-10)11(13)16/h3-6,14H,2,7-8H2,1H3,(H2,13,16)(H,15,17). The van der Waals surface area contributed by atoms with Gasteiger partial charge in [0.15, 0.2) is 0 Å². The van der Waals surface area contributed by atoms with Gasteiger partial charge in [-0.05, 0) is 30.8 Å². The Morgan fingerprint density at radius 3 is 2.24 bits per heavy atom. The Morgan fingerprint density at radius 1 is 1.12 bits per heavy atom. The SMILES string of the molecule is CCNCCNC(=O)c1ccc(C(N)=O)cc1. The molecule has 2 amide bonds. The van der Waals surface area contributed by atoms with E-state index in [0.29, 0.717) is 17.7 Å². The van der Waals surface area contributed by atoms with Crippen molar-refractivity contribution in [3.63, 3.8) is 0 Å². The molecule has 1 aromatic carbocycles. The topological polar surface area (TPSA) is 84.2 Å². The predicted molar refractivity (Wildman–Crippen MR) is 65.8 cm³/mol. The van der Waals surface area contributed by atoms with E-state index in [4.69, 9.17) is 5.73 Å². The summed E-state index contributed by atoms with van der Waals surface area (Å²) < 4.78 is 0. The van der Waals surface area contributed by atoms with E-state index in [2.05, 4.69) is 10.6 Å². The smallest absolute Gasteiger partial charge is 0.251 e. The molecule has 17 heavy (non-hydrogen) atoms. The third-order valence-electron chi connectivity index (χ3n) is 2.27. The van der Waals surface area contributed by atoms with Gasteiger partial charge in [-0.15, -0.1) is 0 Å². The Morgan fingerprint density at radius 2 is 1.71 bits per heavy atom. The second-order valence-corrected chi connectivity index (χ2v) is 3.55. The van der Waals surface area contributed by atoms with E-state index in [0.717, 1.165) is 13.1 Å². The van der Waals surface area contributed by atoms with E-state index in [1.165, 1.54) is 0 Å². The van der Waals surface area contributed by atoms with E-state index in [9.17, 15) is 9.59 Å². The van der Waals surface area contributed by atoms with Crippen LogP contribution < -0.4 is 16.4 Å². The molecule has 1 aromatic rings. The molecule has 0 fully saturated rings. The number of carbonyl (C=O) groups is 2. The first-order valence-electron chi connectivity index (χ1n) is 5.54. The lowest BCUT2D eigenvalue weighted by Crippen LogP contribution is -2.31. The molecule has 0 aromatic heterocycles. The highest BCUT2D eigenvalue weighted by atomic mass is 16.2. The molecular formula is C12H17N3O2. The molecular weight excluding hydrogens is 218 g/mol. The molecule has 1 rings (SSSR count). The van der Waals surface area contributed by atoms with Crippen molar-refractivity contribution in [1.29, 1.82) is 0 Å². The largest absolute Gasteiger partial charge is 0.366 e. The summed E-state index contributed by atoms with van der Waals surface area (Å²) >= 11 is 0. The van der Waals surface area contributed by atoms with Crippen LogP contribution in [-0.4, -0.2) is 31.4 Å². The monoisotopic (exact) mass is 235 g/mol. The van der Waals surface area contributed by atoms with E-state index in [1.54, 1.807) is 24.3 Å². The second kappa shape index (κ2) is 6.65. The van der Waals surface area contributed by atoms with Crippen molar-refractivity contribution < 1.29 is 9.59 Å². The predicted octanol–water partition coefficient (Wildman–Crippen LogP) is 0.125. The van der Waals surface area contributed by atoms with Gasteiger partial charge in [0.1, 0.15) is 0 Å². The van der Waals surface area contributed by atoms with E-state index in [-0.39, 0.29) is 5.91 Å². The summed E-state index contributed by atoms with van der Waals surface area (Å²) in [5.41, 5.74) is 6.02. The number of hydrogen-bond acceptors (Lipinski definition) is 3. The van der Waals surface area contributed by atoms with Crippen LogP contribution in [0.25, 0.3) is 0 Å². The maximum absolute atomic E-state index is 11.6. The van der Waals surface area contributed by atoms with Crippen LogP contribution in [0.15, 0.2) is 24.3 Å². The number of carbonyl (C=O) groups excluding carboxylic acids is 2. The molecule has 92 valence electrons. The summed E-state index contributed by atoms with van der Waals surface area (Å²) in [7, 11) is 0. The molecule has 4 N–H and O–H groups in total. The first kappa shape index (κ1) is 13.2. The minimum atomic E-state index is -0.496. The lowest BCUT2D eigenvalue weighted by molar-refractivity contribution is 0.0951. The Bertz CT molecular complexity index is 387. The van der Waals surface area contributed by atoms with Gasteiger partial charge >= 0.3 is 0 Å². The van der Waals surface area contributed by atoms with Crippen molar-refractivity contribution >= 4 is 11.8 Å². The summed E-state index contributed by atoms with van der Waals surface area (Å²) in [6.45, 7) is 4.19. The average Bonchev–Trinajstić information content (AvgIpc) is 2.34. The zero-order valence-corrected chi connectivity index (χ0v) is 9.82. The first-order valence-corrected chi connectivity index (χ1v) is 5.54. The fourth-order valence-corrected chi connectivity index (χ4v) is 1.33. The van der Waals surface area contributed by atoms with Gasteiger partial charge in [0.2, 0.25) is 5.91 Å². The maximum Gasteiger partial charge on any atom is 0.251 e. The number of nitrogens with two attached hydrogens (primary N) is 1. The van der Waals surface area contributed by atoms with Crippen LogP contribution in [0.2, 0.25) is 0 Å². The van der Waals surface area contributed by atoms with Crippen molar-refractivity contribution in [2.75, 3.05) is 19.6 Å². The molecule has 0 aliphatic heterocycles. The van der Waals surface area contributed by atoms with Gasteiger partial charge in [-0.25, -0.2) is 0 Å². The van der Waals surface area contributed by atoms with Crippen molar-refractivity contribution in [2.24, 2.45) is 5.73 Å². The Labute approximate surface area is 100 Å². The molecule has 5 nitrogen and oxygen atoms in total. The summed E-state index contributed by atoms with van der Waals surface area (Å²) in [4.78, 5) is 22.5. The highest BCUT2D eigenvalue weighted by Gasteiger charge is 2.05. The number of hydrogen-bond donors (Lipinski definition) is 3. The quantitative estimate of drug-likeness (QED) is 0.612. The molecule has 0 radical (unpaired) electrons. The fourth-order valence-electron chi connectivity index (χ4n) is 1.33. The Kier molecular flexibility index (Phi) is 5.16. The van der Waals surface area contributed by atoms with Gasteiger partial charge in [0.25, 0.3) is 5.91 Å². The van der Waals surface area contributed by atoms with Gasteiger partial charge < -0.3 is 16.4 Å². The molecule has 0 saturated heterocycles. The van der Waals surface area contributed by atoms with Crippen LogP contribution in [0.5, 0.6) is 0 Å². The van der Waals surface area contributed by atoms with Crippen molar-refractivity contribution in [1.82, 2.24) is 10.6 Å². The molecule has 0 saturated carbocycles. The fraction of sp³-hybridized carbons (Fsp3) is 0.333. The van der Waals surface area contributed by atoms with E-state index < -0.39 is 5.91 Å². The number of primary amides is 1. The van der Waals surface area contributed by atoms with Gasteiger partial charge in [0, 0.05) is 24.2 Å². The highest BCUT2D eigenvalue weighted by molar-refractivity contribution is 5.97. The zero-order valence-electron chi connectivity index (χ0n) is 9.82. The number of benzene rings is 1. The van der Waals surface area contributed by atoms with Crippen LogP contribution in [-0.2, 0) is 0 Å². The molecule has 0 bridgehead atoms. The second-order valence-electron chi connectivity index (χ2n) is 3.55. The van der Waals surface area contributed by atoms with Crippen LogP contribution in [0, 0.1) is 0 Å². The molecule has 0 spiro atoms. The van der Waals surface area contributed by atoms with Crippen molar-refractivity contribution in [2.45, 2.75) is 6.92 Å². The van der Waals surface area contributed by atoms with E-state index >= 15 is 0 Å². The van der Waals surface area contributed by atoms with Crippen LogP contribution in [0.1, 0.15) is 27.6 Å². The summed E-state index contributed by atoms with van der Waals surface area (Å²) in [6, 6.07) is 6.26. The van der Waals surface area contributed by atoms with Crippen LogP contribution in [0.4, 0.5) is 0 Å². The lowest BCUT2D eigenvalue weighted by Gasteiger charge is -2.05.